The molecular weight excluding hydrogens is 430 g/mol. The van der Waals surface area contributed by atoms with Crippen molar-refractivity contribution >= 4 is 23.3 Å². The van der Waals surface area contributed by atoms with Gasteiger partial charge in [0.15, 0.2) is 0 Å². The third kappa shape index (κ3) is 6.09. The monoisotopic (exact) mass is 469 g/mol. The molecule has 1 unspecified atom stereocenters. The van der Waals surface area contributed by atoms with E-state index in [-0.39, 0.29) is 12.3 Å². The number of anilines is 3. The second-order valence-electron chi connectivity index (χ2n) is 10.4. The van der Waals surface area contributed by atoms with Crippen LogP contribution in [0.15, 0.2) is 18.2 Å². The minimum absolute atomic E-state index is 0.0861. The number of aliphatic carboxylic acids is 1. The highest BCUT2D eigenvalue weighted by molar-refractivity contribution is 5.75. The number of carbonyl (C=O) groups is 1. The van der Waals surface area contributed by atoms with Gasteiger partial charge < -0.3 is 20.1 Å². The molecule has 1 heterocycles. The normalized spacial score (nSPS) is 21.4. The highest BCUT2D eigenvalue weighted by atomic mass is 16.5. The summed E-state index contributed by atoms with van der Waals surface area (Å²) < 4.78 is 5.61. The van der Waals surface area contributed by atoms with Crippen LogP contribution in [0, 0.1) is 5.92 Å². The van der Waals surface area contributed by atoms with Gasteiger partial charge in [-0.2, -0.15) is 4.98 Å². The van der Waals surface area contributed by atoms with Gasteiger partial charge in [-0.1, -0.05) is 26.8 Å². The van der Waals surface area contributed by atoms with Gasteiger partial charge in [-0.05, 0) is 68.1 Å². The average molecular weight is 470 g/mol. The number of carboxylic acid groups (broad SMARTS) is 1. The predicted molar refractivity (Wildman–Crippen MR) is 134 cm³/mol. The third-order valence-corrected chi connectivity index (χ3v) is 7.07. The quantitative estimate of drug-likeness (QED) is 0.403. The van der Waals surface area contributed by atoms with E-state index in [2.05, 4.69) is 57.4 Å². The SMILES string of the molecule is COC1CCC(N(CC(C)C)c2ccc(C(C)CC(=O)O)cc2Nc2n[nH]c(C3CC3)n2)CC1. The van der Waals surface area contributed by atoms with Gasteiger partial charge in [0.25, 0.3) is 0 Å². The van der Waals surface area contributed by atoms with Crippen LogP contribution in [-0.2, 0) is 9.53 Å². The molecule has 4 rings (SSSR count). The maximum Gasteiger partial charge on any atom is 0.303 e. The van der Waals surface area contributed by atoms with Crippen LogP contribution in [0.3, 0.4) is 0 Å². The summed E-state index contributed by atoms with van der Waals surface area (Å²) >= 11 is 0. The second-order valence-corrected chi connectivity index (χ2v) is 10.4. The minimum Gasteiger partial charge on any atom is -0.481 e. The summed E-state index contributed by atoms with van der Waals surface area (Å²) in [5, 5.41) is 20.3. The number of aromatic amines is 1. The average Bonchev–Trinajstić information content (AvgIpc) is 3.56. The van der Waals surface area contributed by atoms with Gasteiger partial charge in [-0.15, -0.1) is 5.10 Å². The summed E-state index contributed by atoms with van der Waals surface area (Å²) in [6, 6.07) is 6.75. The van der Waals surface area contributed by atoms with Gasteiger partial charge in [0.1, 0.15) is 5.82 Å². The number of carboxylic acids is 1. The van der Waals surface area contributed by atoms with Crippen LogP contribution in [0.2, 0.25) is 0 Å². The Morgan fingerprint density at radius 2 is 1.94 bits per heavy atom. The molecule has 1 aromatic carbocycles. The van der Waals surface area contributed by atoms with E-state index in [0.717, 1.165) is 67.8 Å². The Hall–Kier alpha value is -2.61. The maximum atomic E-state index is 11.3. The van der Waals surface area contributed by atoms with E-state index in [9.17, 15) is 9.90 Å². The molecule has 2 aliphatic rings. The van der Waals surface area contributed by atoms with Crippen molar-refractivity contribution in [1.82, 2.24) is 15.2 Å². The van der Waals surface area contributed by atoms with Crippen LogP contribution in [0.5, 0.6) is 0 Å². The molecule has 2 fully saturated rings. The fourth-order valence-corrected chi connectivity index (χ4v) is 5.01. The first kappa shape index (κ1) is 24.5. The molecule has 2 saturated carbocycles. The maximum absolute atomic E-state index is 11.3. The standard InChI is InChI=1S/C26H39N5O3/c1-16(2)15-31(20-8-10-21(34-4)11-9-20)23-12-7-19(17(3)13-24(32)33)14-22(23)27-26-28-25(29-30-26)18-5-6-18/h7,12,14,16-18,20-21H,5-6,8-11,13,15H2,1-4H3,(H,32,33)(H2,27,28,29,30). The highest BCUT2D eigenvalue weighted by Gasteiger charge is 2.29. The molecule has 34 heavy (non-hydrogen) atoms. The molecule has 0 saturated heterocycles. The van der Waals surface area contributed by atoms with Crippen LogP contribution in [0.25, 0.3) is 0 Å². The molecule has 186 valence electrons. The van der Waals surface area contributed by atoms with Gasteiger partial charge in [0.05, 0.1) is 23.9 Å². The lowest BCUT2D eigenvalue weighted by molar-refractivity contribution is -0.137. The van der Waals surface area contributed by atoms with Crippen molar-refractivity contribution in [3.05, 3.63) is 29.6 Å². The Morgan fingerprint density at radius 3 is 2.56 bits per heavy atom. The smallest absolute Gasteiger partial charge is 0.303 e. The third-order valence-electron chi connectivity index (χ3n) is 7.07. The number of nitrogens with one attached hydrogen (secondary N) is 2. The molecule has 0 spiro atoms. The number of methoxy groups -OCH3 is 1. The van der Waals surface area contributed by atoms with Gasteiger partial charge >= 0.3 is 5.97 Å². The van der Waals surface area contributed by atoms with Crippen molar-refractivity contribution < 1.29 is 14.6 Å². The number of nitrogens with zero attached hydrogens (tertiary/aromatic N) is 3. The number of H-pyrrole nitrogens is 1. The van der Waals surface area contributed by atoms with Gasteiger partial charge in [0.2, 0.25) is 5.95 Å². The second kappa shape index (κ2) is 10.8. The van der Waals surface area contributed by atoms with E-state index in [0.29, 0.717) is 29.9 Å². The Morgan fingerprint density at radius 1 is 1.21 bits per heavy atom. The number of rotatable bonds is 11. The minimum atomic E-state index is -0.787. The first-order valence-corrected chi connectivity index (χ1v) is 12.7. The largest absolute Gasteiger partial charge is 0.481 e. The first-order chi connectivity index (χ1) is 16.3. The van der Waals surface area contributed by atoms with Crippen molar-refractivity contribution in [3.8, 4) is 0 Å². The number of benzene rings is 1. The lowest BCUT2D eigenvalue weighted by Crippen LogP contribution is -2.41. The highest BCUT2D eigenvalue weighted by Crippen LogP contribution is 2.40. The van der Waals surface area contributed by atoms with Crippen LogP contribution in [-0.4, -0.2) is 52.1 Å². The summed E-state index contributed by atoms with van der Waals surface area (Å²) in [6.07, 6.45) is 7.09. The van der Waals surface area contributed by atoms with E-state index in [1.165, 1.54) is 0 Å². The fraction of sp³-hybridized carbons (Fsp3) is 0.654. The van der Waals surface area contributed by atoms with Crippen molar-refractivity contribution in [1.29, 1.82) is 0 Å². The Labute approximate surface area is 202 Å². The summed E-state index contributed by atoms with van der Waals surface area (Å²) in [4.78, 5) is 18.5. The zero-order chi connectivity index (χ0) is 24.2. The molecule has 3 N–H and O–H groups in total. The molecule has 0 aliphatic heterocycles. The van der Waals surface area contributed by atoms with Crippen molar-refractivity contribution in [2.75, 3.05) is 23.9 Å². The molecule has 2 aliphatic carbocycles. The molecule has 1 atom stereocenters. The first-order valence-electron chi connectivity index (χ1n) is 12.7. The molecule has 2 aromatic rings. The van der Waals surface area contributed by atoms with E-state index < -0.39 is 5.97 Å². The molecule has 8 nitrogen and oxygen atoms in total. The van der Waals surface area contributed by atoms with Crippen molar-refractivity contribution in [2.24, 2.45) is 5.92 Å². The predicted octanol–water partition coefficient (Wildman–Crippen LogP) is 5.42. The summed E-state index contributed by atoms with van der Waals surface area (Å²) in [7, 11) is 1.81. The molecular formula is C26H39N5O3. The zero-order valence-corrected chi connectivity index (χ0v) is 20.9. The van der Waals surface area contributed by atoms with Gasteiger partial charge in [-0.3, -0.25) is 9.89 Å². The topological polar surface area (TPSA) is 103 Å². The molecule has 0 radical (unpaired) electrons. The zero-order valence-electron chi connectivity index (χ0n) is 20.9. The Kier molecular flexibility index (Phi) is 7.76. The van der Waals surface area contributed by atoms with Crippen molar-refractivity contribution in [2.45, 2.75) is 89.7 Å². The van der Waals surface area contributed by atoms with E-state index in [1.54, 1.807) is 0 Å². The number of hydrogen-bond donors (Lipinski definition) is 3. The fourth-order valence-electron chi connectivity index (χ4n) is 5.01. The molecule has 1 aromatic heterocycles. The Balaban J connectivity index is 1.66. The number of hydrogen-bond acceptors (Lipinski definition) is 6. The molecule has 0 amide bonds. The van der Waals surface area contributed by atoms with Crippen LogP contribution in [0.1, 0.15) is 88.9 Å². The van der Waals surface area contributed by atoms with E-state index in [4.69, 9.17) is 4.74 Å². The van der Waals surface area contributed by atoms with E-state index in [1.807, 2.05) is 14.0 Å². The summed E-state index contributed by atoms with van der Waals surface area (Å²) in [5.74, 6) is 1.64. The van der Waals surface area contributed by atoms with Crippen LogP contribution >= 0.6 is 0 Å². The van der Waals surface area contributed by atoms with E-state index >= 15 is 0 Å². The summed E-state index contributed by atoms with van der Waals surface area (Å²) in [5.41, 5.74) is 3.06. The van der Waals surface area contributed by atoms with Crippen molar-refractivity contribution in [3.63, 3.8) is 0 Å². The molecule has 0 bridgehead atoms. The van der Waals surface area contributed by atoms with Crippen LogP contribution in [0.4, 0.5) is 17.3 Å². The lowest BCUT2D eigenvalue weighted by Gasteiger charge is -2.40. The van der Waals surface area contributed by atoms with Gasteiger partial charge in [-0.25, -0.2) is 0 Å². The van der Waals surface area contributed by atoms with Gasteiger partial charge in [0, 0.05) is 25.6 Å². The number of ether oxygens (including phenoxy) is 1. The Bertz CT molecular complexity index is 963. The lowest BCUT2D eigenvalue weighted by atomic mass is 9.90. The number of aromatic nitrogens is 3. The molecule has 8 heteroatoms. The van der Waals surface area contributed by atoms with Crippen LogP contribution < -0.4 is 10.2 Å². The summed E-state index contributed by atoms with van der Waals surface area (Å²) in [6.45, 7) is 7.41.